The Morgan fingerprint density at radius 3 is 2.02 bits per heavy atom. The molecule has 0 bridgehead atoms. The molecule has 0 fully saturated rings. The van der Waals surface area contributed by atoms with Crippen LogP contribution in [0, 0.1) is 0 Å². The zero-order chi connectivity index (χ0) is 34.5. The van der Waals surface area contributed by atoms with Crippen LogP contribution in [-0.2, 0) is 25.8 Å². The molecule has 0 saturated heterocycles. The Kier molecular flexibility index (Phi) is 9.66. The van der Waals surface area contributed by atoms with Gasteiger partial charge in [-0.15, -0.1) is 0 Å². The van der Waals surface area contributed by atoms with Crippen LogP contribution in [0.4, 0.5) is 0 Å². The highest BCUT2D eigenvalue weighted by atomic mass is 15.0. The Labute approximate surface area is 296 Å². The molecule has 3 nitrogen and oxygen atoms in total. The molecule has 3 heteroatoms. The van der Waals surface area contributed by atoms with Crippen molar-refractivity contribution in [1.82, 2.24) is 14.5 Å². The van der Waals surface area contributed by atoms with Gasteiger partial charge in [-0.25, -0.2) is 0 Å². The van der Waals surface area contributed by atoms with E-state index < -0.39 is 0 Å². The average molecular weight is 652 g/mol. The van der Waals surface area contributed by atoms with Crippen molar-refractivity contribution in [3.8, 4) is 22.5 Å². The molecule has 50 heavy (non-hydrogen) atoms. The van der Waals surface area contributed by atoms with E-state index in [-0.39, 0.29) is 0 Å². The van der Waals surface area contributed by atoms with Crippen LogP contribution in [0.1, 0.15) is 65.2 Å². The predicted octanol–water partition coefficient (Wildman–Crippen LogP) is 11.7. The minimum Gasteiger partial charge on any atom is -0.387 e. The van der Waals surface area contributed by atoms with E-state index in [0.717, 1.165) is 32.2 Å². The lowest BCUT2D eigenvalue weighted by molar-refractivity contribution is 0.855. The molecule has 0 amide bonds. The van der Waals surface area contributed by atoms with Gasteiger partial charge in [0.15, 0.2) is 0 Å². The summed E-state index contributed by atoms with van der Waals surface area (Å²) in [6.45, 7) is 12.0. The number of allylic oxidation sites excluding steroid dienone is 4. The van der Waals surface area contributed by atoms with Crippen LogP contribution in [0.25, 0.3) is 51.6 Å². The highest BCUT2D eigenvalue weighted by Gasteiger charge is 2.21. The topological polar surface area (TPSA) is 21.9 Å². The molecule has 1 aliphatic carbocycles. The Bertz CT molecular complexity index is 2230. The number of benzene rings is 4. The molecule has 6 aromatic rings. The third-order valence-electron chi connectivity index (χ3n) is 9.82. The monoisotopic (exact) mass is 651 g/mol. The maximum absolute atomic E-state index is 3.38. The van der Waals surface area contributed by atoms with Crippen molar-refractivity contribution in [1.29, 1.82) is 0 Å². The maximum atomic E-state index is 3.38. The van der Waals surface area contributed by atoms with E-state index in [1.54, 1.807) is 12.2 Å². The first-order valence-electron chi connectivity index (χ1n) is 17.8. The Morgan fingerprint density at radius 1 is 0.720 bits per heavy atom. The standard InChI is InChI=1S/C43H39N3.C4H6/c1-3-9-40-36(4-2)37-10-5-7-12-41(37)45(40)35-24-20-33(21-25-35)32-18-14-30(15-19-32)28-31-16-22-34(23-17-31)46-42-13-8-6-11-38(42)39-29-44-27-26-43(39)46;1-3-4-2/h3,6-9,11-27,44H,4-5,10,28-29H2,1-2H3;3-4H,1-2H2/b9-3-;. The largest absolute Gasteiger partial charge is 0.387 e. The molecule has 8 rings (SSSR count). The zero-order valence-electron chi connectivity index (χ0n) is 29.2. The summed E-state index contributed by atoms with van der Waals surface area (Å²) in [5.74, 6) is 0. The number of para-hydroxylation sites is 1. The summed E-state index contributed by atoms with van der Waals surface area (Å²) in [4.78, 5) is 0. The lowest BCUT2D eigenvalue weighted by atomic mass is 9.98. The summed E-state index contributed by atoms with van der Waals surface area (Å²) >= 11 is 0. The molecule has 0 spiro atoms. The first-order chi connectivity index (χ1) is 24.6. The van der Waals surface area contributed by atoms with Gasteiger partial charge in [0.25, 0.3) is 0 Å². The zero-order valence-corrected chi connectivity index (χ0v) is 29.2. The SMILES string of the molecule is C/C=C\c1c(CC)c2c(n1-c1ccc(-c3ccc(Cc4ccc(-n5c6c(c7ccccc75)CNC=C6)cc4)cc3)cc1)C=CCC2.C=CC=C. The quantitative estimate of drug-likeness (QED) is 0.163. The van der Waals surface area contributed by atoms with Crippen LogP contribution >= 0.6 is 0 Å². The molecule has 1 N–H and O–H groups in total. The van der Waals surface area contributed by atoms with Crippen molar-refractivity contribution in [2.75, 3.05) is 0 Å². The normalized spacial score (nSPS) is 13.0. The predicted molar refractivity (Wildman–Crippen MR) is 215 cm³/mol. The van der Waals surface area contributed by atoms with E-state index in [2.05, 4.69) is 175 Å². The highest BCUT2D eigenvalue weighted by Crippen LogP contribution is 2.35. The molecule has 0 saturated carbocycles. The van der Waals surface area contributed by atoms with Gasteiger partial charge in [0, 0.05) is 40.3 Å². The third-order valence-corrected chi connectivity index (χ3v) is 9.82. The van der Waals surface area contributed by atoms with E-state index >= 15 is 0 Å². The second-order valence-corrected chi connectivity index (χ2v) is 12.8. The van der Waals surface area contributed by atoms with Gasteiger partial charge in [0.2, 0.25) is 0 Å². The number of hydrogen-bond acceptors (Lipinski definition) is 1. The molecular weight excluding hydrogens is 607 g/mol. The van der Waals surface area contributed by atoms with Crippen molar-refractivity contribution < 1.29 is 0 Å². The summed E-state index contributed by atoms with van der Waals surface area (Å²) in [5, 5.41) is 4.69. The summed E-state index contributed by atoms with van der Waals surface area (Å²) in [5.41, 5.74) is 17.1. The van der Waals surface area contributed by atoms with Gasteiger partial charge >= 0.3 is 0 Å². The molecule has 2 aromatic heterocycles. The molecule has 4 aromatic carbocycles. The van der Waals surface area contributed by atoms with Gasteiger partial charge in [-0.3, -0.25) is 0 Å². The highest BCUT2D eigenvalue weighted by molar-refractivity contribution is 5.90. The van der Waals surface area contributed by atoms with Gasteiger partial charge in [-0.2, -0.15) is 0 Å². The number of fused-ring (bicyclic) bond motifs is 4. The fourth-order valence-corrected chi connectivity index (χ4v) is 7.47. The summed E-state index contributed by atoms with van der Waals surface area (Å²) in [6.07, 6.45) is 20.8. The first kappa shape index (κ1) is 32.7. The molecule has 2 aliphatic rings. The van der Waals surface area contributed by atoms with Crippen LogP contribution in [0.2, 0.25) is 0 Å². The number of rotatable bonds is 8. The van der Waals surface area contributed by atoms with Gasteiger partial charge < -0.3 is 14.5 Å². The molecule has 248 valence electrons. The lowest BCUT2D eigenvalue weighted by Crippen LogP contribution is -2.10. The van der Waals surface area contributed by atoms with E-state index in [1.807, 2.05) is 0 Å². The van der Waals surface area contributed by atoms with Gasteiger partial charge in [0.05, 0.1) is 11.2 Å². The van der Waals surface area contributed by atoms with Gasteiger partial charge in [0.1, 0.15) is 0 Å². The molecule has 0 atom stereocenters. The number of hydrogen-bond donors (Lipinski definition) is 1. The fraction of sp³-hybridized carbons (Fsp3) is 0.149. The van der Waals surface area contributed by atoms with Crippen molar-refractivity contribution in [2.24, 2.45) is 0 Å². The van der Waals surface area contributed by atoms with Crippen molar-refractivity contribution in [3.63, 3.8) is 0 Å². The minimum atomic E-state index is 0.862. The second kappa shape index (κ2) is 14.8. The van der Waals surface area contributed by atoms with E-state index in [0.29, 0.717) is 0 Å². The molecule has 3 heterocycles. The lowest BCUT2D eigenvalue weighted by Gasteiger charge is -2.14. The average Bonchev–Trinajstić information content (AvgIpc) is 3.68. The molecule has 1 aliphatic heterocycles. The van der Waals surface area contributed by atoms with E-state index in [1.165, 1.54) is 78.3 Å². The number of nitrogens with one attached hydrogen (secondary N) is 1. The van der Waals surface area contributed by atoms with Crippen LogP contribution in [0.3, 0.4) is 0 Å². The maximum Gasteiger partial charge on any atom is 0.0538 e. The van der Waals surface area contributed by atoms with Gasteiger partial charge in [-0.1, -0.05) is 111 Å². The molecule has 0 unspecified atom stereocenters. The summed E-state index contributed by atoms with van der Waals surface area (Å²) in [6, 6.07) is 35.9. The van der Waals surface area contributed by atoms with Gasteiger partial charge in [-0.05, 0) is 121 Å². The van der Waals surface area contributed by atoms with Crippen molar-refractivity contribution >= 4 is 29.1 Å². The molecule has 0 radical (unpaired) electrons. The molecular formula is C47H45N3. The van der Waals surface area contributed by atoms with Crippen LogP contribution in [0.15, 0.2) is 141 Å². The Morgan fingerprint density at radius 2 is 1.34 bits per heavy atom. The third kappa shape index (κ3) is 6.23. The minimum absolute atomic E-state index is 0.862. The fourth-order valence-electron chi connectivity index (χ4n) is 7.47. The van der Waals surface area contributed by atoms with Crippen LogP contribution < -0.4 is 5.32 Å². The Hall–Kier alpha value is -5.80. The van der Waals surface area contributed by atoms with Crippen molar-refractivity contribution in [3.05, 3.63) is 186 Å². The van der Waals surface area contributed by atoms with E-state index in [4.69, 9.17) is 0 Å². The summed E-state index contributed by atoms with van der Waals surface area (Å²) in [7, 11) is 0. The van der Waals surface area contributed by atoms with E-state index in [9.17, 15) is 0 Å². The van der Waals surface area contributed by atoms with Crippen LogP contribution in [-0.4, -0.2) is 9.13 Å². The number of aromatic nitrogens is 2. The Balaban J connectivity index is 0.000000932. The second-order valence-electron chi connectivity index (χ2n) is 12.8. The number of nitrogens with zero attached hydrogens (tertiary/aromatic N) is 2. The van der Waals surface area contributed by atoms with Crippen LogP contribution in [0.5, 0.6) is 0 Å². The smallest absolute Gasteiger partial charge is 0.0538 e. The first-order valence-corrected chi connectivity index (χ1v) is 17.8. The summed E-state index contributed by atoms with van der Waals surface area (Å²) < 4.78 is 4.83. The van der Waals surface area contributed by atoms with Crippen molar-refractivity contribution in [2.45, 2.75) is 46.1 Å².